The molecule has 2 N–H and O–H groups in total. The van der Waals surface area contributed by atoms with E-state index in [2.05, 4.69) is 15.6 Å². The van der Waals surface area contributed by atoms with Crippen molar-refractivity contribution in [1.29, 1.82) is 0 Å². The highest BCUT2D eigenvalue weighted by Gasteiger charge is 2.39. The molecule has 2 aliphatic heterocycles. The fourth-order valence-electron chi connectivity index (χ4n) is 4.13. The van der Waals surface area contributed by atoms with Gasteiger partial charge in [-0.25, -0.2) is 0 Å². The second-order valence-electron chi connectivity index (χ2n) is 8.59. The summed E-state index contributed by atoms with van der Waals surface area (Å²) in [6, 6.07) is 7.93. The highest BCUT2D eigenvalue weighted by Crippen LogP contribution is 2.29. The van der Waals surface area contributed by atoms with Crippen LogP contribution in [-0.4, -0.2) is 60.2 Å². The number of benzene rings is 1. The maximum absolute atomic E-state index is 12.3. The van der Waals surface area contributed by atoms with Crippen LogP contribution in [0.3, 0.4) is 0 Å². The number of hydrogen-bond donors (Lipinski definition) is 2. The van der Waals surface area contributed by atoms with Crippen LogP contribution in [-0.2, 0) is 16.1 Å². The summed E-state index contributed by atoms with van der Waals surface area (Å²) in [6.07, 6.45) is 5.24. The van der Waals surface area contributed by atoms with Crippen molar-refractivity contribution >= 4 is 29.8 Å². The van der Waals surface area contributed by atoms with E-state index in [1.54, 1.807) is 25.3 Å². The van der Waals surface area contributed by atoms with Crippen molar-refractivity contribution in [1.82, 2.24) is 15.2 Å². The van der Waals surface area contributed by atoms with Gasteiger partial charge in [0.25, 0.3) is 5.91 Å². The average molecular weight is 481 g/mol. The number of imide groups is 1. The Balaban J connectivity index is 0.000000172. The van der Waals surface area contributed by atoms with E-state index in [4.69, 9.17) is 9.47 Å². The van der Waals surface area contributed by atoms with Crippen molar-refractivity contribution < 1.29 is 28.7 Å². The van der Waals surface area contributed by atoms with E-state index in [0.29, 0.717) is 36.1 Å². The van der Waals surface area contributed by atoms with Gasteiger partial charge in [-0.05, 0) is 43.4 Å². The molecule has 1 aromatic carbocycles. The molecule has 2 aromatic rings. The van der Waals surface area contributed by atoms with Crippen molar-refractivity contribution in [2.45, 2.75) is 50.8 Å². The van der Waals surface area contributed by atoms with E-state index >= 15 is 0 Å². The van der Waals surface area contributed by atoms with Crippen molar-refractivity contribution in [3.63, 3.8) is 0 Å². The molecule has 184 valence electrons. The number of pyridine rings is 1. The summed E-state index contributed by atoms with van der Waals surface area (Å²) in [5.41, 5.74) is 1.76. The summed E-state index contributed by atoms with van der Waals surface area (Å²) >= 11 is 0. The molecule has 1 atom stereocenters. The van der Waals surface area contributed by atoms with Crippen LogP contribution in [0, 0.1) is 0 Å². The summed E-state index contributed by atoms with van der Waals surface area (Å²) in [5, 5.41) is 5.23. The second kappa shape index (κ2) is 10.5. The van der Waals surface area contributed by atoms with Crippen LogP contribution in [0.2, 0.25) is 0 Å². The van der Waals surface area contributed by atoms with Gasteiger partial charge in [-0.2, -0.15) is 4.98 Å². The number of fused-ring (bicyclic) bond motifs is 1. The van der Waals surface area contributed by atoms with Gasteiger partial charge in [0.1, 0.15) is 23.9 Å². The highest BCUT2D eigenvalue weighted by molar-refractivity contribution is 6.05. The zero-order chi connectivity index (χ0) is 24.9. The molecule has 1 saturated heterocycles. The average Bonchev–Trinajstić information content (AvgIpc) is 3.16. The quantitative estimate of drug-likeness (QED) is 0.476. The SMILES string of the molecule is CNc1cc(OC2CCC2)cc(OC)n1.O=Cc1ccc2c(c1)CN(C1CCC(=O)NC1=O)C2=O. The lowest BCUT2D eigenvalue weighted by Gasteiger charge is -2.29. The van der Waals surface area contributed by atoms with Crippen LogP contribution < -0.4 is 20.1 Å². The highest BCUT2D eigenvalue weighted by atomic mass is 16.5. The number of aldehydes is 1. The summed E-state index contributed by atoms with van der Waals surface area (Å²) in [7, 11) is 3.43. The minimum absolute atomic E-state index is 0.230. The van der Waals surface area contributed by atoms with Crippen molar-refractivity contribution in [3.05, 3.63) is 47.0 Å². The number of nitrogens with one attached hydrogen (secondary N) is 2. The number of carbonyl (C=O) groups excluding carboxylic acids is 4. The predicted molar refractivity (Wildman–Crippen MR) is 126 cm³/mol. The summed E-state index contributed by atoms with van der Waals surface area (Å²) in [5.74, 6) is 1.21. The molecule has 0 radical (unpaired) electrons. The molecule has 10 heteroatoms. The molecule has 5 rings (SSSR count). The number of methoxy groups -OCH3 is 1. The molecule has 2 fully saturated rings. The summed E-state index contributed by atoms with van der Waals surface area (Å²) < 4.78 is 10.9. The standard InChI is InChI=1S/C14H12N2O4.C11H16N2O2/c17-7-8-1-2-10-9(5-8)6-16(14(10)20)11-3-4-12(18)15-13(11)19;1-12-10-6-9(7-11(13-10)14-2)15-8-4-3-5-8/h1-2,5,7,11H,3-4,6H2,(H,15,18,19);6-8H,3-5H2,1-2H3,(H,12,13). The smallest absolute Gasteiger partial charge is 0.255 e. The van der Waals surface area contributed by atoms with Crippen molar-refractivity contribution in [2.24, 2.45) is 0 Å². The number of hydrogen-bond acceptors (Lipinski definition) is 8. The number of rotatable bonds is 6. The molecule has 35 heavy (non-hydrogen) atoms. The summed E-state index contributed by atoms with van der Waals surface area (Å²) in [4.78, 5) is 51.7. The van der Waals surface area contributed by atoms with Crippen LogP contribution >= 0.6 is 0 Å². The number of anilines is 1. The number of piperidine rings is 1. The molecule has 10 nitrogen and oxygen atoms in total. The van der Waals surface area contributed by atoms with E-state index in [1.165, 1.54) is 11.3 Å². The number of aromatic nitrogens is 1. The first kappa shape index (κ1) is 24.2. The first-order valence-electron chi connectivity index (χ1n) is 11.5. The first-order valence-corrected chi connectivity index (χ1v) is 11.5. The van der Waals surface area contributed by atoms with Gasteiger partial charge in [0.15, 0.2) is 0 Å². The van der Waals surface area contributed by atoms with Gasteiger partial charge in [-0.15, -0.1) is 0 Å². The molecule has 3 aliphatic rings. The van der Waals surface area contributed by atoms with Gasteiger partial charge >= 0.3 is 0 Å². The monoisotopic (exact) mass is 480 g/mol. The fraction of sp³-hybridized carbons (Fsp3) is 0.400. The van der Waals surface area contributed by atoms with Crippen LogP contribution in [0.25, 0.3) is 0 Å². The summed E-state index contributed by atoms with van der Waals surface area (Å²) in [6.45, 7) is 0.294. The Bertz CT molecular complexity index is 1120. The first-order chi connectivity index (χ1) is 16.9. The lowest BCUT2D eigenvalue weighted by molar-refractivity contribution is -0.136. The van der Waals surface area contributed by atoms with Gasteiger partial charge in [0.05, 0.1) is 13.2 Å². The van der Waals surface area contributed by atoms with Gasteiger partial charge in [-0.3, -0.25) is 24.5 Å². The lowest BCUT2D eigenvalue weighted by atomic mass is 9.96. The topological polar surface area (TPSA) is 127 Å². The van der Waals surface area contributed by atoms with Gasteiger partial charge in [-0.1, -0.05) is 6.07 Å². The Morgan fingerprint density at radius 3 is 2.57 bits per heavy atom. The maximum Gasteiger partial charge on any atom is 0.255 e. The molecule has 1 saturated carbocycles. The van der Waals surface area contributed by atoms with Crippen LogP contribution in [0.5, 0.6) is 11.6 Å². The van der Waals surface area contributed by atoms with Gasteiger partial charge < -0.3 is 19.7 Å². The number of amides is 3. The molecule has 1 aliphatic carbocycles. The molecule has 3 heterocycles. The minimum Gasteiger partial charge on any atom is -0.490 e. The third kappa shape index (κ3) is 5.42. The minimum atomic E-state index is -0.618. The Morgan fingerprint density at radius 2 is 1.94 bits per heavy atom. The Kier molecular flexibility index (Phi) is 7.28. The van der Waals surface area contributed by atoms with Gasteiger partial charge in [0.2, 0.25) is 17.7 Å². The van der Waals surface area contributed by atoms with E-state index in [0.717, 1.165) is 36.3 Å². The maximum atomic E-state index is 12.3. The lowest BCUT2D eigenvalue weighted by Crippen LogP contribution is -2.52. The van der Waals surface area contributed by atoms with Gasteiger partial charge in [0, 0.05) is 43.3 Å². The van der Waals surface area contributed by atoms with E-state index in [1.807, 2.05) is 19.2 Å². The molecule has 3 amide bonds. The third-order valence-electron chi connectivity index (χ3n) is 6.28. The molecule has 0 spiro atoms. The number of nitrogens with zero attached hydrogens (tertiary/aromatic N) is 2. The number of ether oxygens (including phenoxy) is 2. The van der Waals surface area contributed by atoms with Crippen molar-refractivity contribution in [3.8, 4) is 11.6 Å². The normalized spacial score (nSPS) is 19.1. The zero-order valence-corrected chi connectivity index (χ0v) is 19.7. The molecular weight excluding hydrogens is 452 g/mol. The van der Waals surface area contributed by atoms with Crippen LogP contribution in [0.1, 0.15) is 58.4 Å². The van der Waals surface area contributed by atoms with E-state index < -0.39 is 11.9 Å². The Labute approximate surface area is 203 Å². The Morgan fingerprint density at radius 1 is 1.14 bits per heavy atom. The number of carbonyl (C=O) groups is 4. The van der Waals surface area contributed by atoms with Crippen LogP contribution in [0.15, 0.2) is 30.3 Å². The van der Waals surface area contributed by atoms with Crippen LogP contribution in [0.4, 0.5) is 5.82 Å². The fourth-order valence-corrected chi connectivity index (χ4v) is 4.13. The molecule has 1 aromatic heterocycles. The predicted octanol–water partition coefficient (Wildman–Crippen LogP) is 2.32. The van der Waals surface area contributed by atoms with E-state index in [9.17, 15) is 19.2 Å². The molecule has 1 unspecified atom stereocenters. The van der Waals surface area contributed by atoms with Crippen molar-refractivity contribution in [2.75, 3.05) is 19.5 Å². The second-order valence-corrected chi connectivity index (χ2v) is 8.59. The van der Waals surface area contributed by atoms with E-state index in [-0.39, 0.29) is 18.2 Å². The zero-order valence-electron chi connectivity index (χ0n) is 19.7. The third-order valence-corrected chi connectivity index (χ3v) is 6.28. The Hall–Kier alpha value is -3.95. The largest absolute Gasteiger partial charge is 0.490 e. The molecule has 0 bridgehead atoms. The molecular formula is C25H28N4O6.